The van der Waals surface area contributed by atoms with Crippen molar-refractivity contribution in [3.8, 4) is 0 Å². The Morgan fingerprint density at radius 2 is 1.61 bits per heavy atom. The second kappa shape index (κ2) is 13.1. The molecule has 0 aliphatic heterocycles. The molecular weight excluding hydrogens is 566 g/mol. The normalized spacial score (nSPS) is 12.9. The third-order valence-electron chi connectivity index (χ3n) is 6.33. The van der Waals surface area contributed by atoms with Gasteiger partial charge in [-0.25, -0.2) is 8.42 Å². The standard InChI is InChI=1S/C29H34BrN3O4S/c1-5-22(3)31-29(35)23(4)32(19-24-11-9-10-21(2)18-24)28(34)20-33(26-16-14-25(30)15-17-26)38(36,37)27-12-7-6-8-13-27/h6-18,22-23H,5,19-20H2,1-4H3,(H,31,35)/t22-,23-/m1/s1. The second-order valence-corrected chi connectivity index (χ2v) is 12.1. The Bertz CT molecular complexity index is 1350. The van der Waals surface area contributed by atoms with E-state index in [0.29, 0.717) is 5.69 Å². The van der Waals surface area contributed by atoms with Crippen LogP contribution in [0.25, 0.3) is 0 Å². The van der Waals surface area contributed by atoms with Crippen LogP contribution in [0, 0.1) is 6.92 Å². The first kappa shape index (κ1) is 29.4. The molecule has 3 aromatic carbocycles. The van der Waals surface area contributed by atoms with E-state index in [1.54, 1.807) is 49.4 Å². The van der Waals surface area contributed by atoms with E-state index in [4.69, 9.17) is 0 Å². The number of hydrogen-bond donors (Lipinski definition) is 1. The molecule has 0 aromatic heterocycles. The van der Waals surface area contributed by atoms with Crippen LogP contribution in [0.15, 0.2) is 88.2 Å². The first-order valence-electron chi connectivity index (χ1n) is 12.5. The number of benzene rings is 3. The molecule has 2 atom stereocenters. The monoisotopic (exact) mass is 599 g/mol. The zero-order valence-electron chi connectivity index (χ0n) is 22.1. The fraction of sp³-hybridized carbons (Fsp3) is 0.310. The number of anilines is 1. The Balaban J connectivity index is 2.01. The van der Waals surface area contributed by atoms with E-state index in [-0.39, 0.29) is 23.4 Å². The molecule has 0 spiro atoms. The van der Waals surface area contributed by atoms with E-state index in [1.165, 1.54) is 17.0 Å². The molecule has 0 aliphatic carbocycles. The molecule has 0 saturated heterocycles. The van der Waals surface area contributed by atoms with E-state index in [1.807, 2.05) is 45.0 Å². The Morgan fingerprint density at radius 3 is 2.21 bits per heavy atom. The van der Waals surface area contributed by atoms with Crippen molar-refractivity contribution in [2.45, 2.75) is 57.6 Å². The van der Waals surface area contributed by atoms with Crippen LogP contribution in [0.4, 0.5) is 5.69 Å². The molecule has 38 heavy (non-hydrogen) atoms. The van der Waals surface area contributed by atoms with Gasteiger partial charge in [0.25, 0.3) is 10.0 Å². The van der Waals surface area contributed by atoms with E-state index < -0.39 is 28.5 Å². The topological polar surface area (TPSA) is 86.8 Å². The number of hydrogen-bond acceptors (Lipinski definition) is 4. The van der Waals surface area contributed by atoms with Crippen LogP contribution in [0.1, 0.15) is 38.3 Å². The molecule has 7 nitrogen and oxygen atoms in total. The lowest BCUT2D eigenvalue weighted by Crippen LogP contribution is -2.52. The fourth-order valence-corrected chi connectivity index (χ4v) is 5.61. The van der Waals surface area contributed by atoms with Gasteiger partial charge in [0.15, 0.2) is 0 Å². The van der Waals surface area contributed by atoms with Gasteiger partial charge >= 0.3 is 0 Å². The van der Waals surface area contributed by atoms with Crippen molar-refractivity contribution in [1.82, 2.24) is 10.2 Å². The summed E-state index contributed by atoms with van der Waals surface area (Å²) < 4.78 is 29.3. The van der Waals surface area contributed by atoms with Gasteiger partial charge in [0, 0.05) is 17.1 Å². The van der Waals surface area contributed by atoms with Gasteiger partial charge in [0.2, 0.25) is 11.8 Å². The molecule has 1 N–H and O–H groups in total. The second-order valence-electron chi connectivity index (χ2n) is 9.31. The predicted octanol–water partition coefficient (Wildman–Crippen LogP) is 5.28. The van der Waals surface area contributed by atoms with Gasteiger partial charge in [-0.3, -0.25) is 13.9 Å². The fourth-order valence-electron chi connectivity index (χ4n) is 3.91. The van der Waals surface area contributed by atoms with Crippen LogP contribution in [-0.4, -0.2) is 43.8 Å². The van der Waals surface area contributed by atoms with Crippen molar-refractivity contribution in [3.63, 3.8) is 0 Å². The van der Waals surface area contributed by atoms with Crippen LogP contribution >= 0.6 is 15.9 Å². The highest BCUT2D eigenvalue weighted by Crippen LogP contribution is 2.26. The average molecular weight is 601 g/mol. The first-order valence-corrected chi connectivity index (χ1v) is 14.7. The highest BCUT2D eigenvalue weighted by atomic mass is 79.9. The van der Waals surface area contributed by atoms with Gasteiger partial charge in [-0.15, -0.1) is 0 Å². The van der Waals surface area contributed by atoms with Gasteiger partial charge in [-0.05, 0) is 69.2 Å². The summed E-state index contributed by atoms with van der Waals surface area (Å²) in [5, 5.41) is 2.94. The van der Waals surface area contributed by atoms with Crippen molar-refractivity contribution in [1.29, 1.82) is 0 Å². The zero-order chi connectivity index (χ0) is 27.9. The molecular formula is C29H34BrN3O4S. The third kappa shape index (κ3) is 7.45. The lowest BCUT2D eigenvalue weighted by atomic mass is 10.1. The van der Waals surface area contributed by atoms with Crippen LogP contribution in [-0.2, 0) is 26.2 Å². The van der Waals surface area contributed by atoms with Crippen molar-refractivity contribution in [2.24, 2.45) is 0 Å². The number of carbonyl (C=O) groups excluding carboxylic acids is 2. The average Bonchev–Trinajstić information content (AvgIpc) is 2.90. The van der Waals surface area contributed by atoms with Gasteiger partial charge in [0.1, 0.15) is 12.6 Å². The lowest BCUT2D eigenvalue weighted by Gasteiger charge is -2.32. The molecule has 0 radical (unpaired) electrons. The van der Waals surface area contributed by atoms with Gasteiger partial charge in [-0.1, -0.05) is 70.9 Å². The summed E-state index contributed by atoms with van der Waals surface area (Å²) >= 11 is 3.38. The number of aryl methyl sites for hydroxylation is 1. The van der Waals surface area contributed by atoms with Crippen LogP contribution < -0.4 is 9.62 Å². The molecule has 0 saturated carbocycles. The van der Waals surface area contributed by atoms with Gasteiger partial charge in [0.05, 0.1) is 10.6 Å². The van der Waals surface area contributed by atoms with Crippen molar-refractivity contribution in [2.75, 3.05) is 10.8 Å². The summed E-state index contributed by atoms with van der Waals surface area (Å²) in [6, 6.07) is 21.5. The van der Waals surface area contributed by atoms with Crippen molar-refractivity contribution in [3.05, 3.63) is 94.5 Å². The number of amides is 2. The predicted molar refractivity (Wildman–Crippen MR) is 154 cm³/mol. The van der Waals surface area contributed by atoms with Gasteiger partial charge < -0.3 is 10.2 Å². The molecule has 0 fully saturated rings. The maximum absolute atomic E-state index is 13.9. The molecule has 3 rings (SSSR count). The summed E-state index contributed by atoms with van der Waals surface area (Å²) in [5.74, 6) is -0.776. The number of sulfonamides is 1. The molecule has 3 aromatic rings. The largest absolute Gasteiger partial charge is 0.352 e. The summed E-state index contributed by atoms with van der Waals surface area (Å²) in [6.45, 7) is 7.19. The molecule has 0 heterocycles. The minimum Gasteiger partial charge on any atom is -0.352 e. The Hall–Kier alpha value is -3.17. The number of halogens is 1. The summed E-state index contributed by atoms with van der Waals surface area (Å²) in [4.78, 5) is 28.5. The summed E-state index contributed by atoms with van der Waals surface area (Å²) in [5.41, 5.74) is 2.22. The van der Waals surface area contributed by atoms with E-state index in [2.05, 4.69) is 21.2 Å². The number of rotatable bonds is 11. The van der Waals surface area contributed by atoms with Crippen LogP contribution in [0.5, 0.6) is 0 Å². The van der Waals surface area contributed by atoms with Crippen LogP contribution in [0.3, 0.4) is 0 Å². The van der Waals surface area contributed by atoms with Crippen molar-refractivity contribution < 1.29 is 18.0 Å². The summed E-state index contributed by atoms with van der Waals surface area (Å²) in [7, 11) is -4.07. The molecule has 0 aliphatic rings. The molecule has 2 amide bonds. The lowest BCUT2D eigenvalue weighted by molar-refractivity contribution is -0.139. The van der Waals surface area contributed by atoms with E-state index in [9.17, 15) is 18.0 Å². The molecule has 202 valence electrons. The maximum atomic E-state index is 13.9. The quantitative estimate of drug-likeness (QED) is 0.324. The highest BCUT2D eigenvalue weighted by molar-refractivity contribution is 9.10. The number of nitrogens with zero attached hydrogens (tertiary/aromatic N) is 2. The highest BCUT2D eigenvalue weighted by Gasteiger charge is 2.32. The minimum absolute atomic E-state index is 0.0569. The maximum Gasteiger partial charge on any atom is 0.264 e. The summed E-state index contributed by atoms with van der Waals surface area (Å²) in [6.07, 6.45) is 0.747. The third-order valence-corrected chi connectivity index (χ3v) is 8.65. The Labute approximate surface area is 234 Å². The number of carbonyl (C=O) groups is 2. The zero-order valence-corrected chi connectivity index (χ0v) is 24.5. The SMILES string of the molecule is CC[C@@H](C)NC(=O)[C@@H](C)N(Cc1cccc(C)c1)C(=O)CN(c1ccc(Br)cc1)S(=O)(=O)c1ccccc1. The Morgan fingerprint density at radius 1 is 0.947 bits per heavy atom. The van der Waals surface area contributed by atoms with Crippen molar-refractivity contribution >= 4 is 43.5 Å². The molecule has 0 unspecified atom stereocenters. The molecule has 0 bridgehead atoms. The van der Waals surface area contributed by atoms with Crippen LogP contribution in [0.2, 0.25) is 0 Å². The number of nitrogens with one attached hydrogen (secondary N) is 1. The van der Waals surface area contributed by atoms with E-state index >= 15 is 0 Å². The van der Waals surface area contributed by atoms with Gasteiger partial charge in [-0.2, -0.15) is 0 Å². The minimum atomic E-state index is -4.07. The first-order chi connectivity index (χ1) is 18.0. The Kier molecular flexibility index (Phi) is 10.1. The van der Waals surface area contributed by atoms with E-state index in [0.717, 1.165) is 26.3 Å². The smallest absolute Gasteiger partial charge is 0.264 e. The molecule has 9 heteroatoms.